The molecule has 9 heteroatoms. The van der Waals surface area contributed by atoms with E-state index in [9.17, 15) is 14.4 Å². The van der Waals surface area contributed by atoms with Gasteiger partial charge in [0.05, 0.1) is 23.1 Å². The lowest BCUT2D eigenvalue weighted by Crippen LogP contribution is -2.34. The molecule has 0 atom stereocenters. The minimum Gasteiger partial charge on any atom is -0.447 e. The maximum atomic E-state index is 12.9. The van der Waals surface area contributed by atoms with Crippen LogP contribution in [0.2, 0.25) is 0 Å². The van der Waals surface area contributed by atoms with Crippen molar-refractivity contribution in [2.45, 2.75) is 26.3 Å². The molecule has 0 aliphatic rings. The van der Waals surface area contributed by atoms with E-state index in [-0.39, 0.29) is 31.4 Å². The molecule has 0 spiro atoms. The lowest BCUT2D eigenvalue weighted by Gasteiger charge is -2.12. The lowest BCUT2D eigenvalue weighted by molar-refractivity contribution is -0.697. The average Bonchev–Trinajstić information content (AvgIpc) is 2.92. The number of benzene rings is 3. The van der Waals surface area contributed by atoms with Gasteiger partial charge in [-0.05, 0) is 45.1 Å². The third kappa shape index (κ3) is 7.87. The first-order valence-corrected chi connectivity index (χ1v) is 13.5. The van der Waals surface area contributed by atoms with Gasteiger partial charge in [0.25, 0.3) is 5.91 Å². The molecule has 0 bridgehead atoms. The van der Waals surface area contributed by atoms with Gasteiger partial charge in [0.1, 0.15) is 18.7 Å². The first-order valence-electron chi connectivity index (χ1n) is 12.7. The van der Waals surface area contributed by atoms with Crippen LogP contribution in [0.5, 0.6) is 0 Å². The van der Waals surface area contributed by atoms with Crippen molar-refractivity contribution in [2.24, 2.45) is 0 Å². The molecular weight excluding hydrogens is 560 g/mol. The van der Waals surface area contributed by atoms with E-state index in [1.54, 1.807) is 36.5 Å². The standard InChI is InChI=1S/C30H29BrN4O4/c1-2-15-35-19-23(17-24(31)20-35)29(37)33-26-12-6-4-9-22(26)18-28(36)32-14-16-39-30(38)34-27-13-7-10-21-8-3-5-11-25(21)27/h3-13,17,19-20H,2,14-16,18H2,1H3,(H2-,32,33,34,36,37,38)/p+1. The smallest absolute Gasteiger partial charge is 0.411 e. The minimum atomic E-state index is -0.596. The van der Waals surface area contributed by atoms with Gasteiger partial charge in [0.2, 0.25) is 5.91 Å². The summed E-state index contributed by atoms with van der Waals surface area (Å²) in [6, 6.07) is 22.3. The maximum Gasteiger partial charge on any atom is 0.411 e. The van der Waals surface area contributed by atoms with Crippen LogP contribution in [0, 0.1) is 0 Å². The van der Waals surface area contributed by atoms with Crippen molar-refractivity contribution in [3.05, 3.63) is 101 Å². The van der Waals surface area contributed by atoms with Crippen LogP contribution in [0.25, 0.3) is 10.8 Å². The molecule has 0 unspecified atom stereocenters. The maximum absolute atomic E-state index is 12.9. The van der Waals surface area contributed by atoms with Crippen molar-refractivity contribution in [2.75, 3.05) is 23.8 Å². The molecule has 0 aliphatic carbocycles. The van der Waals surface area contributed by atoms with Gasteiger partial charge >= 0.3 is 6.09 Å². The molecule has 3 amide bonds. The summed E-state index contributed by atoms with van der Waals surface area (Å²) in [6.07, 6.45) is 4.14. The topological polar surface area (TPSA) is 100 Å². The van der Waals surface area contributed by atoms with E-state index in [4.69, 9.17) is 4.74 Å². The molecule has 8 nitrogen and oxygen atoms in total. The summed E-state index contributed by atoms with van der Waals surface area (Å²) < 4.78 is 8.00. The molecule has 0 fully saturated rings. The molecule has 0 saturated carbocycles. The molecular formula is C30H30BrN4O4+. The Hall–Kier alpha value is -4.24. The molecule has 4 aromatic rings. The van der Waals surface area contributed by atoms with Gasteiger partial charge in [-0.1, -0.05) is 61.5 Å². The van der Waals surface area contributed by atoms with Crippen molar-refractivity contribution in [3.8, 4) is 0 Å². The molecule has 200 valence electrons. The Morgan fingerprint density at radius 2 is 1.64 bits per heavy atom. The number of rotatable bonds is 10. The van der Waals surface area contributed by atoms with Crippen LogP contribution in [0.15, 0.2) is 89.7 Å². The van der Waals surface area contributed by atoms with Crippen molar-refractivity contribution < 1.29 is 23.7 Å². The van der Waals surface area contributed by atoms with Crippen molar-refractivity contribution in [1.82, 2.24) is 5.32 Å². The Balaban J connectivity index is 1.27. The second-order valence-corrected chi connectivity index (χ2v) is 9.82. The van der Waals surface area contributed by atoms with Gasteiger partial charge in [0, 0.05) is 17.5 Å². The summed E-state index contributed by atoms with van der Waals surface area (Å²) in [5, 5.41) is 10.3. The monoisotopic (exact) mass is 589 g/mol. The van der Waals surface area contributed by atoms with Crippen LogP contribution in [0.4, 0.5) is 16.2 Å². The van der Waals surface area contributed by atoms with Gasteiger partial charge in [0.15, 0.2) is 12.4 Å². The molecule has 0 saturated heterocycles. The number of carbonyl (C=O) groups excluding carboxylic acids is 3. The average molecular weight is 590 g/mol. The van der Waals surface area contributed by atoms with Crippen LogP contribution in [0.1, 0.15) is 29.3 Å². The fourth-order valence-corrected chi connectivity index (χ4v) is 4.66. The molecule has 4 rings (SSSR count). The first-order chi connectivity index (χ1) is 18.9. The highest BCUT2D eigenvalue weighted by molar-refractivity contribution is 9.10. The van der Waals surface area contributed by atoms with Crippen LogP contribution >= 0.6 is 15.9 Å². The molecule has 39 heavy (non-hydrogen) atoms. The van der Waals surface area contributed by atoms with Crippen LogP contribution < -0.4 is 20.5 Å². The number of pyridine rings is 1. The zero-order valence-corrected chi connectivity index (χ0v) is 23.2. The highest BCUT2D eigenvalue weighted by Gasteiger charge is 2.16. The molecule has 0 aliphatic heterocycles. The number of nitrogens with zero attached hydrogens (tertiary/aromatic N) is 1. The number of halogens is 1. The summed E-state index contributed by atoms with van der Waals surface area (Å²) in [5.41, 5.74) is 2.40. The van der Waals surface area contributed by atoms with Crippen LogP contribution in [0.3, 0.4) is 0 Å². The predicted molar refractivity (Wildman–Crippen MR) is 155 cm³/mol. The minimum absolute atomic E-state index is 0.0152. The van der Waals surface area contributed by atoms with Crippen LogP contribution in [-0.2, 0) is 22.5 Å². The number of aromatic nitrogens is 1. The second kappa shape index (κ2) is 13.5. The van der Waals surface area contributed by atoms with E-state index >= 15 is 0 Å². The van der Waals surface area contributed by atoms with E-state index in [2.05, 4.69) is 38.8 Å². The number of anilines is 2. The molecule has 0 radical (unpaired) electrons. The van der Waals surface area contributed by atoms with Crippen molar-refractivity contribution in [3.63, 3.8) is 0 Å². The van der Waals surface area contributed by atoms with Crippen molar-refractivity contribution in [1.29, 1.82) is 0 Å². The van der Waals surface area contributed by atoms with Gasteiger partial charge in [-0.25, -0.2) is 9.36 Å². The number of aryl methyl sites for hydroxylation is 1. The highest BCUT2D eigenvalue weighted by atomic mass is 79.9. The van der Waals surface area contributed by atoms with Gasteiger partial charge in [-0.15, -0.1) is 0 Å². The Bertz CT molecular complexity index is 1490. The summed E-state index contributed by atoms with van der Waals surface area (Å²) in [7, 11) is 0. The van der Waals surface area contributed by atoms with Crippen molar-refractivity contribution >= 4 is 56.0 Å². The molecule has 3 aromatic carbocycles. The molecule has 1 aromatic heterocycles. The van der Waals surface area contributed by atoms with Gasteiger partial charge in [-0.2, -0.15) is 0 Å². The third-order valence-electron chi connectivity index (χ3n) is 5.93. The van der Waals surface area contributed by atoms with Gasteiger partial charge < -0.3 is 15.4 Å². The Morgan fingerprint density at radius 3 is 2.49 bits per heavy atom. The lowest BCUT2D eigenvalue weighted by atomic mass is 10.1. The number of nitrogens with one attached hydrogen (secondary N) is 3. The number of carbonyl (C=O) groups is 3. The fraction of sp³-hybridized carbons (Fsp3) is 0.200. The normalized spacial score (nSPS) is 10.6. The fourth-order valence-electron chi connectivity index (χ4n) is 4.15. The van der Waals surface area contributed by atoms with E-state index in [0.29, 0.717) is 22.5 Å². The number of fused-ring (bicyclic) bond motifs is 1. The SMILES string of the molecule is CCC[n+]1cc(Br)cc(C(=O)Nc2ccccc2CC(=O)NCCOC(=O)Nc2cccc3ccccc23)c1. The molecule has 3 N–H and O–H groups in total. The highest BCUT2D eigenvalue weighted by Crippen LogP contribution is 2.23. The predicted octanol–water partition coefficient (Wildman–Crippen LogP) is 5.46. The van der Waals surface area contributed by atoms with E-state index in [1.165, 1.54) is 0 Å². The largest absolute Gasteiger partial charge is 0.447 e. The number of para-hydroxylation sites is 1. The Kier molecular flexibility index (Phi) is 9.64. The third-order valence-corrected chi connectivity index (χ3v) is 6.37. The number of hydrogen-bond donors (Lipinski definition) is 3. The van der Waals surface area contributed by atoms with E-state index in [0.717, 1.165) is 28.2 Å². The second-order valence-electron chi connectivity index (χ2n) is 8.91. The number of ether oxygens (including phenoxy) is 1. The first kappa shape index (κ1) is 27.8. The Morgan fingerprint density at radius 1 is 0.897 bits per heavy atom. The number of amides is 3. The van der Waals surface area contributed by atoms with E-state index < -0.39 is 6.09 Å². The summed E-state index contributed by atoms with van der Waals surface area (Å²) >= 11 is 3.46. The number of hydrogen-bond acceptors (Lipinski definition) is 4. The zero-order valence-electron chi connectivity index (χ0n) is 21.6. The quantitative estimate of drug-likeness (QED) is 0.169. The zero-order chi connectivity index (χ0) is 27.6. The summed E-state index contributed by atoms with van der Waals surface area (Å²) in [4.78, 5) is 37.8. The Labute approximate surface area is 235 Å². The van der Waals surface area contributed by atoms with Crippen LogP contribution in [-0.4, -0.2) is 31.1 Å². The van der Waals surface area contributed by atoms with Gasteiger partial charge in [-0.3, -0.25) is 14.9 Å². The summed E-state index contributed by atoms with van der Waals surface area (Å²) in [5.74, 6) is -0.516. The molecule has 1 heterocycles. The summed E-state index contributed by atoms with van der Waals surface area (Å²) in [6.45, 7) is 3.04. The van der Waals surface area contributed by atoms with E-state index in [1.807, 2.05) is 53.2 Å².